The molecule has 0 saturated carbocycles. The summed E-state index contributed by atoms with van der Waals surface area (Å²) >= 11 is 8.89. The second-order valence-corrected chi connectivity index (χ2v) is 10.3. The summed E-state index contributed by atoms with van der Waals surface area (Å²) in [5, 5.41) is 29.5. The van der Waals surface area contributed by atoms with E-state index in [0.717, 1.165) is 22.8 Å². The first kappa shape index (κ1) is 41.5. The number of carbonyl (C=O) groups excluding carboxylic acids is 2. The van der Waals surface area contributed by atoms with E-state index in [9.17, 15) is 9.59 Å². The van der Waals surface area contributed by atoms with Crippen molar-refractivity contribution in [3.63, 3.8) is 0 Å². The first-order valence-electron chi connectivity index (χ1n) is 15.6. The second kappa shape index (κ2) is 24.3. The van der Waals surface area contributed by atoms with Crippen molar-refractivity contribution < 1.29 is 38.5 Å². The maximum atomic E-state index is 12.1. The summed E-state index contributed by atoms with van der Waals surface area (Å²) in [4.78, 5) is 31.5. The van der Waals surface area contributed by atoms with Crippen LogP contribution in [0.4, 0.5) is 0 Å². The predicted octanol–water partition coefficient (Wildman–Crippen LogP) is 9.37. The van der Waals surface area contributed by atoms with E-state index in [-0.39, 0.29) is 45.8 Å². The van der Waals surface area contributed by atoms with Gasteiger partial charge in [0.05, 0.1) is 34.6 Å². The molecule has 0 unspecified atom stereocenters. The molecule has 6 aliphatic rings. The number of aliphatic imine (C=N–C) groups is 2. The Hall–Kier alpha value is -5.94. The third kappa shape index (κ3) is 14.7. The summed E-state index contributed by atoms with van der Waals surface area (Å²) in [6.07, 6.45) is 39.3. The van der Waals surface area contributed by atoms with Gasteiger partial charge in [0.1, 0.15) is 13.2 Å². The van der Waals surface area contributed by atoms with Gasteiger partial charge in [0, 0.05) is 0 Å². The van der Waals surface area contributed by atoms with E-state index in [1.165, 1.54) is 36.7 Å². The molecule has 0 saturated heterocycles. The van der Waals surface area contributed by atoms with E-state index < -0.39 is 11.9 Å². The fraction of sp³-hybridized carbons (Fsp3) is 0.105. The Morgan fingerprint density at radius 3 is 1.09 bits per heavy atom. The Kier molecular flexibility index (Phi) is 19.0. The maximum absolute atomic E-state index is 12.1. The number of thiocarbonyl (C=S) groups is 2. The number of isothiocyanates is 2. The number of allylic oxidation sites excluding steroid dienone is 14. The minimum atomic E-state index is -0.530. The summed E-state index contributed by atoms with van der Waals surface area (Å²) in [6, 6.07) is 0. The third-order valence-corrected chi connectivity index (χ3v) is 6.70. The van der Waals surface area contributed by atoms with Gasteiger partial charge in [0.15, 0.2) is 0 Å². The topological polar surface area (TPSA) is 162 Å². The molecule has 0 atom stereocenters. The van der Waals surface area contributed by atoms with Crippen LogP contribution in [0.1, 0.15) is 0 Å². The summed E-state index contributed by atoms with van der Waals surface area (Å²) in [5.74, 6) is -1.06. The van der Waals surface area contributed by atoms with Crippen LogP contribution >= 0.6 is 24.4 Å². The zero-order valence-corrected chi connectivity index (χ0v) is 31.3. The molecule has 15 heteroatoms. The largest absolute Gasteiger partial charge is 6.00 e. The van der Waals surface area contributed by atoms with Crippen molar-refractivity contribution in [2.75, 3.05) is 26.3 Å². The quantitative estimate of drug-likeness (QED) is 0.0779. The van der Waals surface area contributed by atoms with Crippen LogP contribution in [0.2, 0.25) is 0 Å². The molecule has 0 N–H and O–H groups in total. The average molecular weight is 828 g/mol. The van der Waals surface area contributed by atoms with E-state index in [4.69, 9.17) is 9.47 Å². The minimum Gasteiger partial charge on any atom is -0.665 e. The molecule has 0 aromatic carbocycles. The third-order valence-electron chi connectivity index (χ3n) is 6.44. The monoisotopic (exact) mass is 828 g/mol. The smallest absolute Gasteiger partial charge is 0.665 e. The zero-order valence-electron chi connectivity index (χ0n) is 27.9. The summed E-state index contributed by atoms with van der Waals surface area (Å²) in [5.41, 5.74) is 5.07. The predicted molar refractivity (Wildman–Crippen MR) is 211 cm³/mol. The molecule has 0 bridgehead atoms. The van der Waals surface area contributed by atoms with E-state index in [2.05, 4.69) is 76.6 Å². The maximum Gasteiger partial charge on any atom is 6.00 e. The van der Waals surface area contributed by atoms with Gasteiger partial charge in [-0.3, -0.25) is 0 Å². The molecule has 0 amide bonds. The molecule has 0 aromatic rings. The van der Waals surface area contributed by atoms with Gasteiger partial charge >= 0.3 is 31.4 Å². The van der Waals surface area contributed by atoms with Crippen LogP contribution in [0.3, 0.4) is 0 Å². The van der Waals surface area contributed by atoms with Gasteiger partial charge < -0.3 is 41.4 Å². The number of hydrogen-bond acceptors (Lipinski definition) is 8. The first-order valence-corrected chi connectivity index (χ1v) is 16.4. The minimum absolute atomic E-state index is 0. The van der Waals surface area contributed by atoms with Crippen molar-refractivity contribution in [1.29, 1.82) is 0 Å². The standard InChI is InChI=1S/C18H15N4O4S2.2C10H8N2.Ru/c23-17(25-7-5-19-11-27)13-1-3-21-15(9-13)16-10-14(2-4-22-16)18(24)26-8-6-20-12-28;2*1-3-7-11-9(5-1)10-6-2-4-8-12-10;/h1-4,9-10H,5-8H2,(H-,21,22,23,24);2*1-8H;/q-1;2*-2;+6/p-1. The Morgan fingerprint density at radius 1 is 0.491 bits per heavy atom. The van der Waals surface area contributed by atoms with Gasteiger partial charge in [0.2, 0.25) is 0 Å². The molecule has 0 spiro atoms. The van der Waals surface area contributed by atoms with Gasteiger partial charge in [0.25, 0.3) is 0 Å². The average Bonchev–Trinajstić information content (AvgIpc) is 3.23. The molecule has 0 aromatic heterocycles. The van der Waals surface area contributed by atoms with Crippen molar-refractivity contribution in [3.8, 4) is 0 Å². The molecule has 12 nitrogen and oxygen atoms in total. The Morgan fingerprint density at radius 2 is 0.811 bits per heavy atom. The van der Waals surface area contributed by atoms with Crippen LogP contribution in [0, 0.1) is 0 Å². The molecule has 266 valence electrons. The normalized spacial score (nSPS) is 20.5. The van der Waals surface area contributed by atoms with E-state index in [0.29, 0.717) is 22.5 Å². The van der Waals surface area contributed by atoms with Gasteiger partial charge in [-0.05, 0) is 24.4 Å². The molecule has 53 heavy (non-hydrogen) atoms. The first-order chi connectivity index (χ1) is 25.6. The molecule has 0 radical (unpaired) electrons. The van der Waals surface area contributed by atoms with Crippen molar-refractivity contribution in [2.45, 2.75) is 0 Å². The number of rotatable bonds is 8. The van der Waals surface area contributed by atoms with Gasteiger partial charge in [-0.25, -0.2) is 19.6 Å². The van der Waals surface area contributed by atoms with E-state index >= 15 is 0 Å². The van der Waals surface area contributed by atoms with Crippen LogP contribution in [-0.2, 0) is 38.5 Å². The Balaban J connectivity index is 0.000000247. The zero-order chi connectivity index (χ0) is 36.6. The second-order valence-electron chi connectivity index (χ2n) is 9.94. The molecule has 6 rings (SSSR count). The molecular weight excluding hydrogens is 798 g/mol. The van der Waals surface area contributed by atoms with Crippen LogP contribution < -0.4 is 0 Å². The number of ether oxygens (including phenoxy) is 2. The van der Waals surface area contributed by atoms with E-state index in [1.807, 2.05) is 72.9 Å². The fourth-order valence-electron chi connectivity index (χ4n) is 4.08. The van der Waals surface area contributed by atoms with Crippen molar-refractivity contribution in [1.82, 2.24) is 0 Å². The molecule has 0 aliphatic carbocycles. The van der Waals surface area contributed by atoms with Gasteiger partial charge in [-0.1, -0.05) is 97.2 Å². The Bertz CT molecular complexity index is 1740. The van der Waals surface area contributed by atoms with Gasteiger partial charge in [-0.15, -0.1) is 0 Å². The molecular formula is C38H30N8O4RuS2. The van der Waals surface area contributed by atoms with Crippen LogP contribution in [0.15, 0.2) is 190 Å². The number of esters is 2. The summed E-state index contributed by atoms with van der Waals surface area (Å²) in [7, 11) is 0. The van der Waals surface area contributed by atoms with Crippen LogP contribution in [0.5, 0.6) is 0 Å². The van der Waals surface area contributed by atoms with E-state index in [1.54, 1.807) is 24.8 Å². The van der Waals surface area contributed by atoms with Crippen molar-refractivity contribution >= 4 is 46.7 Å². The van der Waals surface area contributed by atoms with Crippen molar-refractivity contribution in [3.05, 3.63) is 212 Å². The fourth-order valence-corrected chi connectivity index (χ4v) is 4.26. The summed E-state index contributed by atoms with van der Waals surface area (Å²) in [6.45, 7) is 0.670. The van der Waals surface area contributed by atoms with Crippen molar-refractivity contribution in [2.24, 2.45) is 9.98 Å². The summed E-state index contributed by atoms with van der Waals surface area (Å²) < 4.78 is 10.2. The van der Waals surface area contributed by atoms with Gasteiger partial charge in [-0.2, -0.15) is 71.4 Å². The van der Waals surface area contributed by atoms with Crippen LogP contribution in [0.25, 0.3) is 31.9 Å². The Labute approximate surface area is 331 Å². The SMILES string of the molecule is C1=C[N-]C(=C2C=CC=C[N-]2)C=C1.C1=C[N-]C(=C2C=CC=C[N-]2)C=C1.O=C(OCCN=C=S)C1=CC(=C2C=C(C(=O)OCCN=C=S)C=C[N-]2)[N-]C=C1.[Ru+6]. The molecule has 6 aliphatic heterocycles. The molecule has 6 heterocycles. The van der Waals surface area contributed by atoms with Crippen LogP contribution in [-0.4, -0.2) is 48.6 Å². The molecule has 0 fully saturated rings. The number of hydrogen-bond donors (Lipinski definition) is 0. The number of carbonyl (C=O) groups is 2. The number of nitrogens with zero attached hydrogens (tertiary/aromatic N) is 8.